The Bertz CT molecular complexity index is 371. The monoisotopic (exact) mass is 375 g/mol. The molecular formula is C14H19Br2NO. The SMILES string of the molecule is OC(CNc1c(Br)cccc1Br)CC1CCCC1. The van der Waals surface area contributed by atoms with E-state index in [0.717, 1.165) is 27.0 Å². The first-order valence-corrected chi connectivity index (χ1v) is 8.11. The Kier molecular flexibility index (Phi) is 5.52. The molecule has 0 spiro atoms. The van der Waals surface area contributed by atoms with Crippen molar-refractivity contribution in [2.75, 3.05) is 11.9 Å². The zero-order valence-corrected chi connectivity index (χ0v) is 13.5. The Balaban J connectivity index is 1.83. The molecule has 1 fully saturated rings. The quantitative estimate of drug-likeness (QED) is 0.789. The number of rotatable bonds is 5. The lowest BCUT2D eigenvalue weighted by molar-refractivity contribution is 0.155. The summed E-state index contributed by atoms with van der Waals surface area (Å²) >= 11 is 7.02. The molecule has 0 radical (unpaired) electrons. The van der Waals surface area contributed by atoms with Gasteiger partial charge in [0.1, 0.15) is 0 Å². The molecule has 0 saturated heterocycles. The van der Waals surface area contributed by atoms with E-state index in [9.17, 15) is 5.11 Å². The van der Waals surface area contributed by atoms with Gasteiger partial charge in [0.05, 0.1) is 11.8 Å². The van der Waals surface area contributed by atoms with Crippen molar-refractivity contribution in [3.05, 3.63) is 27.1 Å². The largest absolute Gasteiger partial charge is 0.391 e. The number of para-hydroxylation sites is 1. The van der Waals surface area contributed by atoms with E-state index in [2.05, 4.69) is 37.2 Å². The highest BCUT2D eigenvalue weighted by Gasteiger charge is 2.18. The van der Waals surface area contributed by atoms with Gasteiger partial charge in [-0.1, -0.05) is 31.7 Å². The fourth-order valence-corrected chi connectivity index (χ4v) is 3.88. The molecule has 1 unspecified atom stereocenters. The highest BCUT2D eigenvalue weighted by Crippen LogP contribution is 2.31. The number of nitrogens with one attached hydrogen (secondary N) is 1. The molecule has 1 aromatic rings. The molecule has 1 aromatic carbocycles. The zero-order chi connectivity index (χ0) is 13.0. The first-order valence-electron chi connectivity index (χ1n) is 6.52. The standard InChI is InChI=1S/C14H19Br2NO/c15-12-6-3-7-13(16)14(12)17-9-11(18)8-10-4-1-2-5-10/h3,6-7,10-11,17-18H,1-2,4-5,8-9H2. The van der Waals surface area contributed by atoms with Crippen LogP contribution in [0.4, 0.5) is 5.69 Å². The second kappa shape index (κ2) is 6.92. The number of hydrogen-bond acceptors (Lipinski definition) is 2. The molecule has 0 bridgehead atoms. The fourth-order valence-electron chi connectivity index (χ4n) is 2.60. The summed E-state index contributed by atoms with van der Waals surface area (Å²) in [7, 11) is 0. The lowest BCUT2D eigenvalue weighted by Gasteiger charge is -2.17. The van der Waals surface area contributed by atoms with Crippen molar-refractivity contribution < 1.29 is 5.11 Å². The number of hydrogen-bond donors (Lipinski definition) is 2. The molecule has 1 aliphatic rings. The topological polar surface area (TPSA) is 32.3 Å². The van der Waals surface area contributed by atoms with Gasteiger partial charge in [-0.2, -0.15) is 0 Å². The molecule has 0 aromatic heterocycles. The van der Waals surface area contributed by atoms with Crippen molar-refractivity contribution in [3.8, 4) is 0 Å². The van der Waals surface area contributed by atoms with Gasteiger partial charge in [-0.05, 0) is 56.3 Å². The Morgan fingerprint density at radius 2 is 1.83 bits per heavy atom. The van der Waals surface area contributed by atoms with E-state index in [1.165, 1.54) is 25.7 Å². The van der Waals surface area contributed by atoms with Crippen LogP contribution in [-0.4, -0.2) is 17.8 Å². The van der Waals surface area contributed by atoms with Gasteiger partial charge in [0.2, 0.25) is 0 Å². The third-order valence-electron chi connectivity index (χ3n) is 3.56. The minimum absolute atomic E-state index is 0.257. The predicted octanol–water partition coefficient (Wildman–Crippen LogP) is 4.56. The van der Waals surface area contributed by atoms with E-state index in [4.69, 9.17) is 0 Å². The number of halogens is 2. The predicted molar refractivity (Wildman–Crippen MR) is 82.9 cm³/mol. The number of aliphatic hydroxyl groups is 1. The maximum Gasteiger partial charge on any atom is 0.0715 e. The van der Waals surface area contributed by atoms with Crippen molar-refractivity contribution in [1.29, 1.82) is 0 Å². The maximum absolute atomic E-state index is 10.1. The van der Waals surface area contributed by atoms with Crippen LogP contribution in [0.15, 0.2) is 27.1 Å². The molecule has 1 aliphatic carbocycles. The zero-order valence-electron chi connectivity index (χ0n) is 10.3. The van der Waals surface area contributed by atoms with E-state index in [1.54, 1.807) is 0 Å². The lowest BCUT2D eigenvalue weighted by atomic mass is 10.00. The number of anilines is 1. The number of aliphatic hydroxyl groups excluding tert-OH is 1. The second-order valence-electron chi connectivity index (χ2n) is 5.02. The summed E-state index contributed by atoms with van der Waals surface area (Å²) in [5.74, 6) is 0.726. The van der Waals surface area contributed by atoms with Crippen molar-refractivity contribution in [2.45, 2.75) is 38.2 Å². The Morgan fingerprint density at radius 3 is 2.44 bits per heavy atom. The molecule has 0 aliphatic heterocycles. The van der Waals surface area contributed by atoms with E-state index in [-0.39, 0.29) is 6.10 Å². The Morgan fingerprint density at radius 1 is 1.22 bits per heavy atom. The van der Waals surface area contributed by atoms with Crippen LogP contribution in [0, 0.1) is 5.92 Å². The third-order valence-corrected chi connectivity index (χ3v) is 4.88. The molecule has 2 nitrogen and oxygen atoms in total. The van der Waals surface area contributed by atoms with Gasteiger partial charge in [-0.25, -0.2) is 0 Å². The summed E-state index contributed by atoms with van der Waals surface area (Å²) in [6, 6.07) is 5.97. The van der Waals surface area contributed by atoms with E-state index in [0.29, 0.717) is 6.54 Å². The minimum Gasteiger partial charge on any atom is -0.391 e. The summed E-state index contributed by atoms with van der Waals surface area (Å²) in [5, 5.41) is 13.4. The van der Waals surface area contributed by atoms with E-state index in [1.807, 2.05) is 18.2 Å². The van der Waals surface area contributed by atoms with Crippen LogP contribution >= 0.6 is 31.9 Å². The Labute approximate surface area is 125 Å². The minimum atomic E-state index is -0.257. The first-order chi connectivity index (χ1) is 8.66. The van der Waals surface area contributed by atoms with Crippen LogP contribution in [-0.2, 0) is 0 Å². The average Bonchev–Trinajstić information content (AvgIpc) is 2.81. The van der Waals surface area contributed by atoms with Crippen molar-refractivity contribution >= 4 is 37.5 Å². The summed E-state index contributed by atoms with van der Waals surface area (Å²) in [6.07, 6.45) is 5.91. The van der Waals surface area contributed by atoms with Gasteiger partial charge in [0.15, 0.2) is 0 Å². The molecule has 100 valence electrons. The van der Waals surface area contributed by atoms with Crippen molar-refractivity contribution in [1.82, 2.24) is 0 Å². The lowest BCUT2D eigenvalue weighted by Crippen LogP contribution is -2.22. The normalized spacial score (nSPS) is 17.9. The molecule has 18 heavy (non-hydrogen) atoms. The molecule has 2 rings (SSSR count). The molecule has 0 amide bonds. The Hall–Kier alpha value is -0.0600. The molecule has 4 heteroatoms. The van der Waals surface area contributed by atoms with Gasteiger partial charge < -0.3 is 10.4 Å². The highest BCUT2D eigenvalue weighted by molar-refractivity contribution is 9.11. The van der Waals surface area contributed by atoms with Crippen LogP contribution in [0.5, 0.6) is 0 Å². The number of benzene rings is 1. The van der Waals surface area contributed by atoms with Crippen LogP contribution in [0.25, 0.3) is 0 Å². The summed E-state index contributed by atoms with van der Waals surface area (Å²) in [5.41, 5.74) is 1.02. The molecule has 1 saturated carbocycles. The highest BCUT2D eigenvalue weighted by atomic mass is 79.9. The summed E-state index contributed by atoms with van der Waals surface area (Å²) in [6.45, 7) is 0.609. The van der Waals surface area contributed by atoms with Crippen molar-refractivity contribution in [2.24, 2.45) is 5.92 Å². The van der Waals surface area contributed by atoms with Gasteiger partial charge >= 0.3 is 0 Å². The van der Waals surface area contributed by atoms with Gasteiger partial charge in [0, 0.05) is 15.5 Å². The van der Waals surface area contributed by atoms with E-state index < -0.39 is 0 Å². The molecular weight excluding hydrogens is 358 g/mol. The van der Waals surface area contributed by atoms with Crippen LogP contribution < -0.4 is 5.32 Å². The van der Waals surface area contributed by atoms with Crippen LogP contribution in [0.1, 0.15) is 32.1 Å². The van der Waals surface area contributed by atoms with Gasteiger partial charge in [-0.15, -0.1) is 0 Å². The van der Waals surface area contributed by atoms with Gasteiger partial charge in [0.25, 0.3) is 0 Å². The van der Waals surface area contributed by atoms with Crippen molar-refractivity contribution in [3.63, 3.8) is 0 Å². The molecule has 0 heterocycles. The summed E-state index contributed by atoms with van der Waals surface area (Å²) < 4.78 is 2.04. The van der Waals surface area contributed by atoms with Crippen LogP contribution in [0.3, 0.4) is 0 Å². The fraction of sp³-hybridized carbons (Fsp3) is 0.571. The van der Waals surface area contributed by atoms with Gasteiger partial charge in [-0.3, -0.25) is 0 Å². The summed E-state index contributed by atoms with van der Waals surface area (Å²) in [4.78, 5) is 0. The third kappa shape index (κ3) is 3.97. The first kappa shape index (κ1) is 14.4. The smallest absolute Gasteiger partial charge is 0.0715 e. The molecule has 1 atom stereocenters. The van der Waals surface area contributed by atoms with Crippen LogP contribution in [0.2, 0.25) is 0 Å². The molecule has 2 N–H and O–H groups in total. The average molecular weight is 377 g/mol. The second-order valence-corrected chi connectivity index (χ2v) is 6.73. The van der Waals surface area contributed by atoms with E-state index >= 15 is 0 Å². The maximum atomic E-state index is 10.1.